The van der Waals surface area contributed by atoms with Gasteiger partial charge >= 0.3 is 12.3 Å². The van der Waals surface area contributed by atoms with Crippen molar-refractivity contribution in [1.29, 1.82) is 0 Å². The molecule has 5 nitrogen and oxygen atoms in total. The first-order valence-electron chi connectivity index (χ1n) is 7.97. The Kier molecular flexibility index (Phi) is 5.16. The quantitative estimate of drug-likeness (QED) is 0.580. The standard InChI is InChI=1S/C19H14F3NO4/c1-2-25-18(24)15-16(12-7-4-3-5-8-12)26-17(23-15)13-9-6-10-14(11-13)27-19(20,21)22/h3-11H,2H2,1H3. The third-order valence-corrected chi connectivity index (χ3v) is 3.45. The van der Waals surface area contributed by atoms with E-state index in [1.807, 2.05) is 0 Å². The number of benzene rings is 2. The Morgan fingerprint density at radius 3 is 2.44 bits per heavy atom. The van der Waals surface area contributed by atoms with Gasteiger partial charge in [0, 0.05) is 11.1 Å². The second-order valence-electron chi connectivity index (χ2n) is 5.36. The van der Waals surface area contributed by atoms with E-state index in [2.05, 4.69) is 9.72 Å². The van der Waals surface area contributed by atoms with Crippen LogP contribution in [-0.4, -0.2) is 23.9 Å². The van der Waals surface area contributed by atoms with Gasteiger partial charge in [-0.05, 0) is 25.1 Å². The van der Waals surface area contributed by atoms with Crippen molar-refractivity contribution < 1.29 is 31.9 Å². The molecule has 0 spiro atoms. The fourth-order valence-corrected chi connectivity index (χ4v) is 2.39. The molecule has 0 unspecified atom stereocenters. The highest BCUT2D eigenvalue weighted by Crippen LogP contribution is 2.32. The third-order valence-electron chi connectivity index (χ3n) is 3.45. The summed E-state index contributed by atoms with van der Waals surface area (Å²) in [5, 5.41) is 0. The van der Waals surface area contributed by atoms with Gasteiger partial charge in [0.15, 0.2) is 11.5 Å². The van der Waals surface area contributed by atoms with Gasteiger partial charge in [-0.25, -0.2) is 9.78 Å². The van der Waals surface area contributed by atoms with E-state index in [-0.39, 0.29) is 29.5 Å². The van der Waals surface area contributed by atoms with Crippen molar-refractivity contribution in [2.75, 3.05) is 6.61 Å². The molecule has 0 saturated heterocycles. The van der Waals surface area contributed by atoms with Crippen LogP contribution < -0.4 is 4.74 Å². The monoisotopic (exact) mass is 377 g/mol. The number of alkyl halides is 3. The van der Waals surface area contributed by atoms with Crippen LogP contribution in [0.15, 0.2) is 59.0 Å². The van der Waals surface area contributed by atoms with Crippen LogP contribution in [0.3, 0.4) is 0 Å². The average molecular weight is 377 g/mol. The minimum absolute atomic E-state index is 0.0236. The highest BCUT2D eigenvalue weighted by molar-refractivity contribution is 5.94. The van der Waals surface area contributed by atoms with Crippen molar-refractivity contribution in [2.45, 2.75) is 13.3 Å². The first kappa shape index (κ1) is 18.5. The maximum atomic E-state index is 12.4. The van der Waals surface area contributed by atoms with Crippen LogP contribution in [0, 0.1) is 0 Å². The number of oxazole rings is 1. The lowest BCUT2D eigenvalue weighted by Crippen LogP contribution is -2.17. The first-order valence-corrected chi connectivity index (χ1v) is 7.97. The number of rotatable bonds is 5. The number of esters is 1. The van der Waals surface area contributed by atoms with Gasteiger partial charge in [0.1, 0.15) is 5.75 Å². The largest absolute Gasteiger partial charge is 0.573 e. The number of hydrogen-bond acceptors (Lipinski definition) is 5. The SMILES string of the molecule is CCOC(=O)c1nc(-c2cccc(OC(F)(F)F)c2)oc1-c1ccccc1. The van der Waals surface area contributed by atoms with Crippen LogP contribution in [0.1, 0.15) is 17.4 Å². The predicted molar refractivity (Wildman–Crippen MR) is 90.0 cm³/mol. The van der Waals surface area contributed by atoms with Gasteiger partial charge in [-0.3, -0.25) is 0 Å². The van der Waals surface area contributed by atoms with E-state index in [4.69, 9.17) is 9.15 Å². The number of halogens is 3. The van der Waals surface area contributed by atoms with Gasteiger partial charge in [-0.15, -0.1) is 13.2 Å². The summed E-state index contributed by atoms with van der Waals surface area (Å²) in [6, 6.07) is 13.9. The van der Waals surface area contributed by atoms with Crippen LogP contribution in [0.2, 0.25) is 0 Å². The van der Waals surface area contributed by atoms with E-state index in [9.17, 15) is 18.0 Å². The minimum Gasteiger partial charge on any atom is -0.461 e. The van der Waals surface area contributed by atoms with Crippen LogP contribution in [0.4, 0.5) is 13.2 Å². The summed E-state index contributed by atoms with van der Waals surface area (Å²) in [6.07, 6.45) is -4.82. The molecule has 3 aromatic rings. The van der Waals surface area contributed by atoms with Crippen LogP contribution in [-0.2, 0) is 4.74 Å². The summed E-state index contributed by atoms with van der Waals surface area (Å²) in [4.78, 5) is 16.4. The predicted octanol–water partition coefficient (Wildman–Crippen LogP) is 5.08. The van der Waals surface area contributed by atoms with Crippen molar-refractivity contribution >= 4 is 5.97 Å². The summed E-state index contributed by atoms with van der Waals surface area (Å²) in [5.41, 5.74) is 0.756. The normalized spacial score (nSPS) is 11.3. The molecule has 0 bridgehead atoms. The summed E-state index contributed by atoms with van der Waals surface area (Å²) in [6.45, 7) is 1.79. The molecule has 2 aromatic carbocycles. The van der Waals surface area contributed by atoms with Crippen molar-refractivity contribution in [3.8, 4) is 28.5 Å². The van der Waals surface area contributed by atoms with E-state index in [1.54, 1.807) is 37.3 Å². The number of hydrogen-bond donors (Lipinski definition) is 0. The van der Waals surface area contributed by atoms with Crippen molar-refractivity contribution in [3.05, 3.63) is 60.3 Å². The van der Waals surface area contributed by atoms with Gasteiger partial charge in [0.2, 0.25) is 5.89 Å². The molecule has 0 N–H and O–H groups in total. The van der Waals surface area contributed by atoms with Gasteiger partial charge in [-0.2, -0.15) is 0 Å². The van der Waals surface area contributed by atoms with Gasteiger partial charge in [0.25, 0.3) is 0 Å². The number of nitrogens with zero attached hydrogens (tertiary/aromatic N) is 1. The molecular weight excluding hydrogens is 363 g/mol. The molecule has 1 aromatic heterocycles. The fraction of sp³-hybridized carbons (Fsp3) is 0.158. The number of ether oxygens (including phenoxy) is 2. The highest BCUT2D eigenvalue weighted by atomic mass is 19.4. The van der Waals surface area contributed by atoms with Crippen molar-refractivity contribution in [3.63, 3.8) is 0 Å². The third kappa shape index (κ3) is 4.46. The zero-order chi connectivity index (χ0) is 19.4. The average Bonchev–Trinajstić information content (AvgIpc) is 3.07. The summed E-state index contributed by atoms with van der Waals surface area (Å²) >= 11 is 0. The second kappa shape index (κ2) is 7.53. The smallest absolute Gasteiger partial charge is 0.461 e. The fourth-order valence-electron chi connectivity index (χ4n) is 2.39. The lowest BCUT2D eigenvalue weighted by Gasteiger charge is -2.08. The molecule has 140 valence electrons. The molecule has 8 heteroatoms. The van der Waals surface area contributed by atoms with Gasteiger partial charge in [-0.1, -0.05) is 36.4 Å². The van der Waals surface area contributed by atoms with Crippen LogP contribution >= 0.6 is 0 Å². The molecule has 0 aliphatic rings. The molecule has 0 saturated carbocycles. The Morgan fingerprint density at radius 2 is 1.78 bits per heavy atom. The minimum atomic E-state index is -4.82. The van der Waals surface area contributed by atoms with E-state index >= 15 is 0 Å². The zero-order valence-electron chi connectivity index (χ0n) is 14.1. The summed E-state index contributed by atoms with van der Waals surface area (Å²) in [7, 11) is 0. The van der Waals surface area contributed by atoms with E-state index in [0.717, 1.165) is 12.1 Å². The number of carbonyl (C=O) groups is 1. The molecule has 0 radical (unpaired) electrons. The topological polar surface area (TPSA) is 61.6 Å². The molecule has 1 heterocycles. The zero-order valence-corrected chi connectivity index (χ0v) is 14.1. The first-order chi connectivity index (χ1) is 12.9. The Bertz CT molecular complexity index is 936. The molecule has 0 amide bonds. The van der Waals surface area contributed by atoms with Crippen molar-refractivity contribution in [2.24, 2.45) is 0 Å². The molecule has 3 rings (SSSR count). The van der Waals surface area contributed by atoms with E-state index in [1.165, 1.54) is 12.1 Å². The number of carbonyl (C=O) groups excluding carboxylic acids is 1. The lowest BCUT2D eigenvalue weighted by atomic mass is 10.1. The van der Waals surface area contributed by atoms with E-state index in [0.29, 0.717) is 5.56 Å². The lowest BCUT2D eigenvalue weighted by molar-refractivity contribution is -0.274. The second-order valence-corrected chi connectivity index (χ2v) is 5.36. The Hall–Kier alpha value is -3.29. The van der Waals surface area contributed by atoms with Crippen molar-refractivity contribution in [1.82, 2.24) is 4.98 Å². The number of aromatic nitrogens is 1. The van der Waals surface area contributed by atoms with Crippen LogP contribution in [0.25, 0.3) is 22.8 Å². The Labute approximate surface area is 152 Å². The maximum Gasteiger partial charge on any atom is 0.573 e. The van der Waals surface area contributed by atoms with Crippen LogP contribution in [0.5, 0.6) is 5.75 Å². The Balaban J connectivity index is 2.04. The van der Waals surface area contributed by atoms with Gasteiger partial charge < -0.3 is 13.9 Å². The van der Waals surface area contributed by atoms with Gasteiger partial charge in [0.05, 0.1) is 6.61 Å². The maximum absolute atomic E-state index is 12.4. The molecule has 0 atom stereocenters. The molecule has 27 heavy (non-hydrogen) atoms. The highest BCUT2D eigenvalue weighted by Gasteiger charge is 2.31. The Morgan fingerprint density at radius 1 is 1.07 bits per heavy atom. The molecule has 0 aliphatic heterocycles. The molecule has 0 aliphatic carbocycles. The molecular formula is C19H14F3NO4. The van der Waals surface area contributed by atoms with E-state index < -0.39 is 18.1 Å². The molecule has 0 fully saturated rings. The summed E-state index contributed by atoms with van der Waals surface area (Å²) in [5.74, 6) is -0.957. The summed E-state index contributed by atoms with van der Waals surface area (Å²) < 4.78 is 51.9.